The second-order valence-corrected chi connectivity index (χ2v) is 12.5. The lowest BCUT2D eigenvalue weighted by Gasteiger charge is -2.38. The number of nitrogens with one attached hydrogen (secondary N) is 2. The molecule has 252 valence electrons. The lowest BCUT2D eigenvalue weighted by Crippen LogP contribution is -2.42. The number of carbonyl (C=O) groups excluding carboxylic acids is 2. The monoisotopic (exact) mass is 644 g/mol. The first kappa shape index (κ1) is 34.5. The molecule has 0 saturated carbocycles. The van der Waals surface area contributed by atoms with Gasteiger partial charge in [0.15, 0.2) is 6.29 Å². The van der Waals surface area contributed by atoms with Crippen molar-refractivity contribution in [3.8, 4) is 0 Å². The van der Waals surface area contributed by atoms with E-state index in [0.717, 1.165) is 68.3 Å². The summed E-state index contributed by atoms with van der Waals surface area (Å²) in [7, 11) is 0. The highest BCUT2D eigenvalue weighted by atomic mass is 16.7. The Morgan fingerprint density at radius 2 is 1.51 bits per heavy atom. The maximum atomic E-state index is 12.6. The minimum atomic E-state index is -0.580. The summed E-state index contributed by atoms with van der Waals surface area (Å²) < 4.78 is 12.9. The van der Waals surface area contributed by atoms with Crippen LogP contribution in [-0.2, 0) is 25.7 Å². The molecule has 3 aromatic carbocycles. The van der Waals surface area contributed by atoms with Gasteiger partial charge in [0, 0.05) is 43.1 Å². The van der Waals surface area contributed by atoms with Gasteiger partial charge in [0.1, 0.15) is 0 Å². The van der Waals surface area contributed by atoms with Crippen LogP contribution in [0.4, 0.5) is 17.1 Å². The first-order chi connectivity index (χ1) is 22.9. The van der Waals surface area contributed by atoms with Gasteiger partial charge < -0.3 is 36.1 Å². The van der Waals surface area contributed by atoms with Gasteiger partial charge in [-0.1, -0.05) is 61.4 Å². The molecule has 4 unspecified atom stereocenters. The zero-order valence-electron chi connectivity index (χ0n) is 27.0. The lowest BCUT2D eigenvalue weighted by molar-refractivity contribution is -0.253. The number of para-hydroxylation sites is 2. The molecule has 0 radical (unpaired) electrons. The third-order valence-electron chi connectivity index (χ3n) is 9.02. The number of hydrogen-bond acceptors (Lipinski definition) is 8. The number of rotatable bonds is 15. The molecule has 2 fully saturated rings. The SMILES string of the molecule is Nc1ccccc1NC(=O)CCCCCCC(=O)Nc1ccc(C2OC(CN3CCCC3CO)CC(c3ccc(CO)cc3)O2)cc1. The fraction of sp³-hybridized carbons (Fsp3) is 0.459. The maximum absolute atomic E-state index is 12.6. The Balaban J connectivity index is 1.08. The molecule has 0 aliphatic carbocycles. The van der Waals surface area contributed by atoms with Crippen LogP contribution < -0.4 is 16.4 Å². The number of likely N-dealkylation sites (tertiary alicyclic amines) is 1. The molecule has 6 N–H and O–H groups in total. The smallest absolute Gasteiger partial charge is 0.224 e. The molecule has 10 nitrogen and oxygen atoms in total. The van der Waals surface area contributed by atoms with Crippen LogP contribution >= 0.6 is 0 Å². The molecule has 5 rings (SSSR count). The summed E-state index contributed by atoms with van der Waals surface area (Å²) in [5, 5.41) is 25.1. The Morgan fingerprint density at radius 1 is 0.830 bits per heavy atom. The van der Waals surface area contributed by atoms with E-state index in [2.05, 4.69) is 15.5 Å². The molecule has 0 spiro atoms. The van der Waals surface area contributed by atoms with Crippen molar-refractivity contribution in [3.05, 3.63) is 89.5 Å². The van der Waals surface area contributed by atoms with Gasteiger partial charge in [-0.15, -0.1) is 0 Å². The Labute approximate surface area is 277 Å². The normalized spacial score (nSPS) is 21.4. The minimum absolute atomic E-state index is 0.00718. The van der Waals surface area contributed by atoms with Crippen molar-refractivity contribution in [3.63, 3.8) is 0 Å². The van der Waals surface area contributed by atoms with E-state index in [1.165, 1.54) is 0 Å². The first-order valence-electron chi connectivity index (χ1n) is 16.8. The van der Waals surface area contributed by atoms with E-state index in [-0.39, 0.29) is 43.3 Å². The zero-order valence-corrected chi connectivity index (χ0v) is 27.0. The summed E-state index contributed by atoms with van der Waals surface area (Å²) >= 11 is 0. The van der Waals surface area contributed by atoms with Gasteiger partial charge in [-0.2, -0.15) is 0 Å². The fourth-order valence-corrected chi connectivity index (χ4v) is 6.33. The number of nitrogens with zero attached hydrogens (tertiary/aromatic N) is 1. The highest BCUT2D eigenvalue weighted by molar-refractivity contribution is 5.93. The highest BCUT2D eigenvalue weighted by Gasteiger charge is 2.35. The topological polar surface area (TPSA) is 146 Å². The summed E-state index contributed by atoms with van der Waals surface area (Å²) in [6.07, 6.45) is 5.97. The predicted molar refractivity (Wildman–Crippen MR) is 182 cm³/mol. The molecule has 2 aliphatic heterocycles. The number of hydrogen-bond donors (Lipinski definition) is 5. The summed E-state index contributed by atoms with van der Waals surface area (Å²) in [4.78, 5) is 27.1. The summed E-state index contributed by atoms with van der Waals surface area (Å²) in [6, 6.07) is 22.8. The van der Waals surface area contributed by atoms with Crippen LogP contribution in [0.15, 0.2) is 72.8 Å². The third kappa shape index (κ3) is 10.1. The number of unbranched alkanes of at least 4 members (excludes halogenated alkanes) is 3. The van der Waals surface area contributed by atoms with Crippen LogP contribution in [-0.4, -0.2) is 58.8 Å². The molecule has 0 aromatic heterocycles. The molecular formula is C37H48N4O6. The van der Waals surface area contributed by atoms with Crippen LogP contribution in [0, 0.1) is 0 Å². The molecular weight excluding hydrogens is 596 g/mol. The number of amides is 2. The average Bonchev–Trinajstić information content (AvgIpc) is 3.54. The third-order valence-corrected chi connectivity index (χ3v) is 9.02. The van der Waals surface area contributed by atoms with Crippen molar-refractivity contribution in [2.45, 2.75) is 88.9 Å². The van der Waals surface area contributed by atoms with Gasteiger partial charge in [0.25, 0.3) is 0 Å². The van der Waals surface area contributed by atoms with Crippen LogP contribution in [0.1, 0.15) is 86.9 Å². The molecule has 3 aromatic rings. The van der Waals surface area contributed by atoms with E-state index in [1.807, 2.05) is 60.7 Å². The Kier molecular flexibility index (Phi) is 12.8. The van der Waals surface area contributed by atoms with E-state index < -0.39 is 6.29 Å². The molecule has 2 aliphatic rings. The number of aliphatic hydroxyl groups is 2. The molecule has 10 heteroatoms. The van der Waals surface area contributed by atoms with Crippen LogP contribution in [0.2, 0.25) is 0 Å². The molecule has 2 amide bonds. The second-order valence-electron chi connectivity index (χ2n) is 12.5. The summed E-state index contributed by atoms with van der Waals surface area (Å²) in [5.74, 6) is -0.103. The number of nitrogen functional groups attached to an aromatic ring is 1. The van der Waals surface area contributed by atoms with Crippen LogP contribution in [0.3, 0.4) is 0 Å². The number of anilines is 3. The molecule has 4 atom stereocenters. The van der Waals surface area contributed by atoms with Gasteiger partial charge in [-0.25, -0.2) is 0 Å². The minimum Gasteiger partial charge on any atom is -0.397 e. The van der Waals surface area contributed by atoms with Gasteiger partial charge in [-0.05, 0) is 67.6 Å². The van der Waals surface area contributed by atoms with Gasteiger partial charge in [0.2, 0.25) is 11.8 Å². The summed E-state index contributed by atoms with van der Waals surface area (Å²) in [5.41, 5.74) is 10.5. The maximum Gasteiger partial charge on any atom is 0.224 e. The second kappa shape index (κ2) is 17.4. The standard InChI is InChI=1S/C37H48N4O6/c38-32-9-5-6-10-33(32)40-36(45)12-4-2-1-3-11-35(44)39-29-19-17-28(18-20-29)37-46-31(23-41-21-7-8-30(41)25-43)22-34(47-37)27-15-13-26(24-42)14-16-27/h5-6,9-10,13-20,30-31,34,37,42-43H,1-4,7-8,11-12,21-25,38H2,(H,39,44)(H,40,45). The van der Waals surface area contributed by atoms with E-state index in [1.54, 1.807) is 12.1 Å². The lowest BCUT2D eigenvalue weighted by atomic mass is 9.99. The van der Waals surface area contributed by atoms with E-state index in [9.17, 15) is 19.8 Å². The van der Waals surface area contributed by atoms with Crippen molar-refractivity contribution in [2.24, 2.45) is 0 Å². The van der Waals surface area contributed by atoms with Gasteiger partial charge in [0.05, 0.1) is 36.8 Å². The van der Waals surface area contributed by atoms with Crippen LogP contribution in [0.5, 0.6) is 0 Å². The van der Waals surface area contributed by atoms with Crippen molar-refractivity contribution >= 4 is 28.9 Å². The average molecular weight is 645 g/mol. The van der Waals surface area contributed by atoms with Crippen molar-refractivity contribution in [1.82, 2.24) is 4.90 Å². The highest BCUT2D eigenvalue weighted by Crippen LogP contribution is 2.39. The number of benzene rings is 3. The predicted octanol–water partition coefficient (Wildman–Crippen LogP) is 5.68. The van der Waals surface area contributed by atoms with E-state index in [4.69, 9.17) is 15.2 Å². The summed E-state index contributed by atoms with van der Waals surface area (Å²) in [6.45, 7) is 1.81. The van der Waals surface area contributed by atoms with Gasteiger partial charge in [-0.3, -0.25) is 14.5 Å². The van der Waals surface area contributed by atoms with E-state index >= 15 is 0 Å². The number of ether oxygens (including phenoxy) is 2. The van der Waals surface area contributed by atoms with Crippen LogP contribution in [0.25, 0.3) is 0 Å². The molecule has 2 saturated heterocycles. The molecule has 0 bridgehead atoms. The first-order valence-corrected chi connectivity index (χ1v) is 16.8. The largest absolute Gasteiger partial charge is 0.397 e. The fourth-order valence-electron chi connectivity index (χ4n) is 6.33. The quantitative estimate of drug-likeness (QED) is 0.105. The van der Waals surface area contributed by atoms with Crippen molar-refractivity contribution < 1.29 is 29.3 Å². The van der Waals surface area contributed by atoms with Gasteiger partial charge >= 0.3 is 0 Å². The number of nitrogens with two attached hydrogens (primary N) is 1. The Hall–Kier alpha value is -3.80. The zero-order chi connectivity index (χ0) is 33.0. The van der Waals surface area contributed by atoms with Crippen molar-refractivity contribution in [1.29, 1.82) is 0 Å². The number of carbonyl (C=O) groups is 2. The van der Waals surface area contributed by atoms with E-state index in [0.29, 0.717) is 36.3 Å². The molecule has 47 heavy (non-hydrogen) atoms. The Bertz CT molecular complexity index is 1430. The Morgan fingerprint density at radius 3 is 2.19 bits per heavy atom. The molecule has 2 heterocycles. The number of aliphatic hydroxyl groups excluding tert-OH is 2. The van der Waals surface area contributed by atoms with Crippen molar-refractivity contribution in [2.75, 3.05) is 36.1 Å².